The quantitative estimate of drug-likeness (QED) is 0.569. The van der Waals surface area contributed by atoms with Gasteiger partial charge in [0.25, 0.3) is 0 Å². The third kappa shape index (κ3) is 3.93. The molecule has 0 saturated carbocycles. The molecule has 0 unspecified atom stereocenters. The molecule has 0 saturated heterocycles. The predicted octanol–water partition coefficient (Wildman–Crippen LogP) is 0.0276. The van der Waals surface area contributed by atoms with Gasteiger partial charge in [0, 0.05) is 19.1 Å². The Bertz CT molecular complexity index is 392. The van der Waals surface area contributed by atoms with E-state index in [-0.39, 0.29) is 13.2 Å². The Hall–Kier alpha value is -2.38. The topological polar surface area (TPSA) is 107 Å². The number of nitrogens with zero attached hydrogens (tertiary/aromatic N) is 1. The van der Waals surface area contributed by atoms with Gasteiger partial charge < -0.3 is 19.7 Å². The van der Waals surface area contributed by atoms with Crippen LogP contribution in [-0.2, 0) is 14.3 Å². The van der Waals surface area contributed by atoms with E-state index >= 15 is 0 Å². The summed E-state index contributed by atoms with van der Waals surface area (Å²) in [5, 5.41) is 18.3. The van der Waals surface area contributed by atoms with Crippen molar-refractivity contribution in [2.75, 3.05) is 13.2 Å². The molecule has 0 aromatic carbocycles. The van der Waals surface area contributed by atoms with Crippen LogP contribution in [-0.4, -0.2) is 40.3 Å². The van der Waals surface area contributed by atoms with Crippen LogP contribution in [0, 0.1) is 0 Å². The number of hydrogen-bond acceptors (Lipinski definition) is 7. The molecule has 0 amide bonds. The summed E-state index contributed by atoms with van der Waals surface area (Å²) < 4.78 is 9.47. The number of carbonyl (C=O) groups is 2. The van der Waals surface area contributed by atoms with Gasteiger partial charge in [-0.1, -0.05) is 0 Å². The molecule has 0 spiro atoms. The number of aromatic hydroxyl groups is 2. The van der Waals surface area contributed by atoms with Gasteiger partial charge in [0.1, 0.15) is 13.2 Å². The van der Waals surface area contributed by atoms with Crippen LogP contribution in [0.4, 0.5) is 4.79 Å². The Labute approximate surface area is 95.9 Å². The lowest BCUT2D eigenvalue weighted by Crippen LogP contribution is -2.22. The first kappa shape index (κ1) is 12.7. The maximum atomic E-state index is 11.0. The van der Waals surface area contributed by atoms with Crippen molar-refractivity contribution in [3.63, 3.8) is 0 Å². The van der Waals surface area contributed by atoms with Gasteiger partial charge in [-0.25, -0.2) is 4.79 Å². The molecule has 0 fully saturated rings. The van der Waals surface area contributed by atoms with Crippen LogP contribution in [0.25, 0.3) is 0 Å². The minimum absolute atomic E-state index is 0.103. The summed E-state index contributed by atoms with van der Waals surface area (Å²) >= 11 is 0. The second-order valence-electron chi connectivity index (χ2n) is 2.87. The molecule has 1 aromatic heterocycles. The second-order valence-corrected chi connectivity index (χ2v) is 2.87. The van der Waals surface area contributed by atoms with E-state index < -0.39 is 23.9 Å². The van der Waals surface area contributed by atoms with E-state index in [0.717, 1.165) is 12.1 Å². The Morgan fingerprint density at radius 3 is 2.24 bits per heavy atom. The molecular formula is C9H11NO7. The van der Waals surface area contributed by atoms with E-state index in [0.29, 0.717) is 4.73 Å². The summed E-state index contributed by atoms with van der Waals surface area (Å²) in [5.41, 5.74) is 0. The van der Waals surface area contributed by atoms with Crippen LogP contribution >= 0.6 is 0 Å². The molecule has 94 valence electrons. The molecular weight excluding hydrogens is 234 g/mol. The molecule has 1 heterocycles. The molecule has 0 atom stereocenters. The lowest BCUT2D eigenvalue weighted by molar-refractivity contribution is -0.142. The van der Waals surface area contributed by atoms with Crippen molar-refractivity contribution in [3.05, 3.63) is 12.1 Å². The third-order valence-corrected chi connectivity index (χ3v) is 1.57. The lowest BCUT2D eigenvalue weighted by atomic mass is 10.6. The van der Waals surface area contributed by atoms with Crippen molar-refractivity contribution in [1.29, 1.82) is 0 Å². The molecule has 1 rings (SSSR count). The zero-order valence-corrected chi connectivity index (χ0v) is 8.95. The van der Waals surface area contributed by atoms with E-state index in [4.69, 9.17) is 10.2 Å². The lowest BCUT2D eigenvalue weighted by Gasteiger charge is -2.07. The van der Waals surface area contributed by atoms with Crippen molar-refractivity contribution in [3.8, 4) is 11.8 Å². The number of rotatable bonds is 4. The van der Waals surface area contributed by atoms with Crippen molar-refractivity contribution in [1.82, 2.24) is 4.73 Å². The van der Waals surface area contributed by atoms with Crippen LogP contribution in [0.1, 0.15) is 6.92 Å². The minimum Gasteiger partial charge on any atom is -0.492 e. The molecule has 1 aromatic rings. The molecule has 0 aliphatic rings. The molecule has 0 bridgehead atoms. The van der Waals surface area contributed by atoms with Crippen LogP contribution in [0.3, 0.4) is 0 Å². The zero-order chi connectivity index (χ0) is 12.8. The number of carbonyl (C=O) groups excluding carboxylic acids is 2. The molecule has 0 aliphatic heterocycles. The Balaban J connectivity index is 2.33. The fourth-order valence-electron chi connectivity index (χ4n) is 0.907. The number of aromatic nitrogens is 1. The van der Waals surface area contributed by atoms with Crippen LogP contribution in [0.2, 0.25) is 0 Å². The van der Waals surface area contributed by atoms with Crippen LogP contribution in [0.5, 0.6) is 11.8 Å². The highest BCUT2D eigenvalue weighted by atomic mass is 16.8. The van der Waals surface area contributed by atoms with E-state index in [1.165, 1.54) is 6.92 Å². The minimum atomic E-state index is -1.15. The maximum absolute atomic E-state index is 11.0. The highest BCUT2D eigenvalue weighted by molar-refractivity contribution is 5.66. The monoisotopic (exact) mass is 245 g/mol. The summed E-state index contributed by atoms with van der Waals surface area (Å²) in [6.45, 7) is 0.920. The average molecular weight is 245 g/mol. The summed E-state index contributed by atoms with van der Waals surface area (Å²) in [7, 11) is 0. The second kappa shape index (κ2) is 5.64. The summed E-state index contributed by atoms with van der Waals surface area (Å²) in [6, 6.07) is 2.25. The molecule has 0 radical (unpaired) electrons. The zero-order valence-electron chi connectivity index (χ0n) is 8.95. The van der Waals surface area contributed by atoms with Crippen molar-refractivity contribution in [2.24, 2.45) is 0 Å². The molecule has 0 aliphatic carbocycles. The third-order valence-electron chi connectivity index (χ3n) is 1.57. The van der Waals surface area contributed by atoms with Gasteiger partial charge in [0.05, 0.1) is 0 Å². The number of esters is 1. The number of hydrogen-bond donors (Lipinski definition) is 2. The SMILES string of the molecule is CC(=O)OCCOC(=O)On1c(O)ccc1O. The van der Waals surface area contributed by atoms with Gasteiger partial charge in [0.2, 0.25) is 11.8 Å². The average Bonchev–Trinajstić information content (AvgIpc) is 2.56. The van der Waals surface area contributed by atoms with Crippen molar-refractivity contribution in [2.45, 2.75) is 6.92 Å². The molecule has 2 N–H and O–H groups in total. The van der Waals surface area contributed by atoms with Crippen LogP contribution < -0.4 is 4.84 Å². The normalized spacial score (nSPS) is 9.71. The summed E-state index contributed by atoms with van der Waals surface area (Å²) in [6.07, 6.45) is -1.15. The highest BCUT2D eigenvalue weighted by Gasteiger charge is 2.12. The molecule has 17 heavy (non-hydrogen) atoms. The Kier molecular flexibility index (Phi) is 4.21. The molecule has 8 nitrogen and oxygen atoms in total. The first-order valence-corrected chi connectivity index (χ1v) is 4.59. The van der Waals surface area contributed by atoms with Gasteiger partial charge in [-0.2, -0.15) is 0 Å². The standard InChI is InChI=1S/C9H11NO7/c1-6(11)15-4-5-16-9(14)17-10-7(12)2-3-8(10)13/h2-3,12-13H,4-5H2,1H3. The summed E-state index contributed by atoms with van der Waals surface area (Å²) in [5.74, 6) is -1.42. The van der Waals surface area contributed by atoms with Gasteiger partial charge in [-0.15, -0.1) is 4.73 Å². The first-order valence-electron chi connectivity index (χ1n) is 4.59. The van der Waals surface area contributed by atoms with Gasteiger partial charge in [0.15, 0.2) is 0 Å². The highest BCUT2D eigenvalue weighted by Crippen LogP contribution is 2.18. The van der Waals surface area contributed by atoms with E-state index in [1.807, 2.05) is 0 Å². The van der Waals surface area contributed by atoms with E-state index in [1.54, 1.807) is 0 Å². The van der Waals surface area contributed by atoms with E-state index in [9.17, 15) is 9.59 Å². The maximum Gasteiger partial charge on any atom is 0.534 e. The fourth-order valence-corrected chi connectivity index (χ4v) is 0.907. The van der Waals surface area contributed by atoms with Gasteiger partial charge in [-0.3, -0.25) is 9.63 Å². The summed E-state index contributed by atoms with van der Waals surface area (Å²) in [4.78, 5) is 25.8. The van der Waals surface area contributed by atoms with E-state index in [2.05, 4.69) is 14.3 Å². The fraction of sp³-hybridized carbons (Fsp3) is 0.333. The predicted molar refractivity (Wildman–Crippen MR) is 52.3 cm³/mol. The Morgan fingerprint density at radius 1 is 1.18 bits per heavy atom. The molecule has 8 heteroatoms. The van der Waals surface area contributed by atoms with Gasteiger partial charge in [-0.05, 0) is 0 Å². The van der Waals surface area contributed by atoms with Crippen molar-refractivity contribution >= 4 is 12.1 Å². The largest absolute Gasteiger partial charge is 0.534 e. The smallest absolute Gasteiger partial charge is 0.492 e. The van der Waals surface area contributed by atoms with Crippen LogP contribution in [0.15, 0.2) is 12.1 Å². The first-order chi connectivity index (χ1) is 8.00. The number of ether oxygens (including phenoxy) is 2. The van der Waals surface area contributed by atoms with Crippen molar-refractivity contribution < 1.29 is 34.1 Å². The van der Waals surface area contributed by atoms with Gasteiger partial charge >= 0.3 is 12.1 Å². The Morgan fingerprint density at radius 2 is 1.71 bits per heavy atom.